The molecule has 3 rings (SSSR count). The number of nitrogens with one attached hydrogen (secondary N) is 1. The minimum Gasteiger partial charge on any atom is -0.409 e. The minimum atomic E-state index is 0.155. The van der Waals surface area contributed by atoms with Crippen LogP contribution >= 0.6 is 0 Å². The molecule has 1 aliphatic rings. The van der Waals surface area contributed by atoms with Crippen molar-refractivity contribution in [3.8, 4) is 0 Å². The molecule has 0 saturated heterocycles. The van der Waals surface area contributed by atoms with E-state index in [2.05, 4.69) is 34.7 Å². The second-order valence-corrected chi connectivity index (χ2v) is 5.38. The van der Waals surface area contributed by atoms with Crippen LogP contribution in [0.3, 0.4) is 0 Å². The maximum atomic E-state index is 8.84. The lowest BCUT2D eigenvalue weighted by Gasteiger charge is -2.09. The van der Waals surface area contributed by atoms with E-state index < -0.39 is 0 Å². The lowest BCUT2D eigenvalue weighted by Crippen LogP contribution is -2.21. The van der Waals surface area contributed by atoms with Crippen LogP contribution in [-0.4, -0.2) is 17.1 Å². The standard InChI is InChI=1S/C17H19N3O/c18-17(20-21)14-9-5-4-8-13(14)11-19-16-10-15(16)12-6-2-1-3-7-12/h1-9,15-16,19,21H,10-11H2,(H2,18,20). The Kier molecular flexibility index (Phi) is 3.88. The van der Waals surface area contributed by atoms with E-state index >= 15 is 0 Å². The summed E-state index contributed by atoms with van der Waals surface area (Å²) in [5.74, 6) is 0.755. The summed E-state index contributed by atoms with van der Waals surface area (Å²) in [7, 11) is 0. The zero-order valence-electron chi connectivity index (χ0n) is 11.7. The second kappa shape index (κ2) is 5.97. The molecular formula is C17H19N3O. The highest BCUT2D eigenvalue weighted by atomic mass is 16.4. The lowest BCUT2D eigenvalue weighted by molar-refractivity contribution is 0.318. The van der Waals surface area contributed by atoms with Crippen LogP contribution in [0.2, 0.25) is 0 Å². The fourth-order valence-electron chi connectivity index (χ4n) is 2.71. The van der Waals surface area contributed by atoms with E-state index in [1.807, 2.05) is 30.3 Å². The van der Waals surface area contributed by atoms with Gasteiger partial charge in [-0.1, -0.05) is 59.8 Å². The average Bonchev–Trinajstić information content (AvgIpc) is 3.33. The fourth-order valence-corrected chi connectivity index (χ4v) is 2.71. The zero-order chi connectivity index (χ0) is 14.7. The Morgan fingerprint density at radius 2 is 1.86 bits per heavy atom. The molecule has 2 aromatic carbocycles. The van der Waals surface area contributed by atoms with Gasteiger partial charge >= 0.3 is 0 Å². The summed E-state index contributed by atoms with van der Waals surface area (Å²) in [6, 6.07) is 18.8. The van der Waals surface area contributed by atoms with Gasteiger partial charge in [-0.3, -0.25) is 0 Å². The number of hydrogen-bond acceptors (Lipinski definition) is 3. The van der Waals surface area contributed by atoms with Crippen LogP contribution in [0.5, 0.6) is 0 Å². The van der Waals surface area contributed by atoms with Crippen LogP contribution < -0.4 is 11.1 Å². The maximum absolute atomic E-state index is 8.84. The second-order valence-electron chi connectivity index (χ2n) is 5.38. The van der Waals surface area contributed by atoms with Gasteiger partial charge in [0.25, 0.3) is 0 Å². The summed E-state index contributed by atoms with van der Waals surface area (Å²) in [6.07, 6.45) is 1.16. The highest BCUT2D eigenvalue weighted by molar-refractivity contribution is 5.98. The molecule has 0 bridgehead atoms. The predicted octanol–water partition coefficient (Wildman–Crippen LogP) is 2.43. The van der Waals surface area contributed by atoms with Gasteiger partial charge in [-0.15, -0.1) is 0 Å². The van der Waals surface area contributed by atoms with E-state index in [0.29, 0.717) is 12.0 Å². The van der Waals surface area contributed by atoms with Crippen molar-refractivity contribution in [1.29, 1.82) is 0 Å². The van der Waals surface area contributed by atoms with Gasteiger partial charge in [-0.2, -0.15) is 0 Å². The molecule has 2 atom stereocenters. The number of amidine groups is 1. The van der Waals surface area contributed by atoms with Gasteiger partial charge in [-0.05, 0) is 17.5 Å². The Labute approximate surface area is 124 Å². The molecule has 0 amide bonds. The lowest BCUT2D eigenvalue weighted by atomic mass is 10.1. The van der Waals surface area contributed by atoms with Gasteiger partial charge in [-0.25, -0.2) is 0 Å². The molecular weight excluding hydrogens is 262 g/mol. The normalized spacial score (nSPS) is 21.2. The van der Waals surface area contributed by atoms with E-state index in [1.54, 1.807) is 0 Å². The van der Waals surface area contributed by atoms with Gasteiger partial charge < -0.3 is 16.3 Å². The first kappa shape index (κ1) is 13.6. The van der Waals surface area contributed by atoms with Crippen molar-refractivity contribution in [3.63, 3.8) is 0 Å². The first-order valence-electron chi connectivity index (χ1n) is 7.13. The van der Waals surface area contributed by atoms with Crippen molar-refractivity contribution in [3.05, 3.63) is 71.3 Å². The number of nitrogens with zero attached hydrogens (tertiary/aromatic N) is 1. The van der Waals surface area contributed by atoms with Crippen molar-refractivity contribution in [2.24, 2.45) is 10.9 Å². The molecule has 4 N–H and O–H groups in total. The molecule has 1 aliphatic carbocycles. The summed E-state index contributed by atoms with van der Waals surface area (Å²) in [5.41, 5.74) is 8.93. The van der Waals surface area contributed by atoms with Gasteiger partial charge in [0, 0.05) is 24.1 Å². The Balaban J connectivity index is 1.63. The van der Waals surface area contributed by atoms with E-state index in [4.69, 9.17) is 10.9 Å². The van der Waals surface area contributed by atoms with Crippen LogP contribution in [0.4, 0.5) is 0 Å². The van der Waals surface area contributed by atoms with Crippen molar-refractivity contribution in [1.82, 2.24) is 5.32 Å². The first-order valence-corrected chi connectivity index (χ1v) is 7.13. The fraction of sp³-hybridized carbons (Fsp3) is 0.235. The van der Waals surface area contributed by atoms with Crippen LogP contribution in [0.25, 0.3) is 0 Å². The molecule has 0 spiro atoms. The molecule has 21 heavy (non-hydrogen) atoms. The zero-order valence-corrected chi connectivity index (χ0v) is 11.7. The summed E-state index contributed by atoms with van der Waals surface area (Å²) in [5, 5.41) is 15.5. The highest BCUT2D eigenvalue weighted by Gasteiger charge is 2.37. The van der Waals surface area contributed by atoms with Gasteiger partial charge in [0.2, 0.25) is 0 Å². The number of hydrogen-bond donors (Lipinski definition) is 3. The Bertz CT molecular complexity index is 639. The number of benzene rings is 2. The van der Waals surface area contributed by atoms with Gasteiger partial charge in [0.05, 0.1) is 0 Å². The van der Waals surface area contributed by atoms with Gasteiger partial charge in [0.15, 0.2) is 5.84 Å². The summed E-state index contributed by atoms with van der Waals surface area (Å²) in [4.78, 5) is 0. The number of rotatable bonds is 5. The Hall–Kier alpha value is -2.33. The predicted molar refractivity (Wildman–Crippen MR) is 83.4 cm³/mol. The Morgan fingerprint density at radius 1 is 1.14 bits per heavy atom. The number of oxime groups is 1. The third kappa shape index (κ3) is 3.06. The maximum Gasteiger partial charge on any atom is 0.170 e. The van der Waals surface area contributed by atoms with Crippen LogP contribution in [0.1, 0.15) is 29.0 Å². The molecule has 2 unspecified atom stereocenters. The van der Waals surface area contributed by atoms with Crippen molar-refractivity contribution in [2.75, 3.05) is 0 Å². The van der Waals surface area contributed by atoms with Crippen molar-refractivity contribution >= 4 is 5.84 Å². The smallest absolute Gasteiger partial charge is 0.170 e. The molecule has 4 heteroatoms. The molecule has 0 aromatic heterocycles. The molecule has 4 nitrogen and oxygen atoms in total. The molecule has 0 radical (unpaired) electrons. The highest BCUT2D eigenvalue weighted by Crippen LogP contribution is 2.40. The average molecular weight is 281 g/mol. The topological polar surface area (TPSA) is 70.6 Å². The van der Waals surface area contributed by atoms with Crippen LogP contribution in [-0.2, 0) is 6.54 Å². The van der Waals surface area contributed by atoms with Crippen molar-refractivity contribution in [2.45, 2.75) is 24.9 Å². The molecule has 2 aromatic rings. The largest absolute Gasteiger partial charge is 0.409 e. The monoisotopic (exact) mass is 281 g/mol. The summed E-state index contributed by atoms with van der Waals surface area (Å²) in [6.45, 7) is 0.723. The third-order valence-electron chi connectivity index (χ3n) is 3.97. The first-order chi connectivity index (χ1) is 10.3. The molecule has 0 aliphatic heterocycles. The molecule has 1 saturated carbocycles. The Morgan fingerprint density at radius 3 is 2.62 bits per heavy atom. The third-order valence-corrected chi connectivity index (χ3v) is 3.97. The number of nitrogens with two attached hydrogens (primary N) is 1. The minimum absolute atomic E-state index is 0.155. The molecule has 108 valence electrons. The summed E-state index contributed by atoms with van der Waals surface area (Å²) < 4.78 is 0. The quantitative estimate of drug-likeness (QED) is 0.341. The molecule has 0 heterocycles. The van der Waals surface area contributed by atoms with Crippen LogP contribution in [0, 0.1) is 0 Å². The van der Waals surface area contributed by atoms with Crippen molar-refractivity contribution < 1.29 is 5.21 Å². The van der Waals surface area contributed by atoms with Gasteiger partial charge in [0.1, 0.15) is 0 Å². The SMILES string of the molecule is NC(=NO)c1ccccc1CNC1CC1c1ccccc1. The van der Waals surface area contributed by atoms with E-state index in [1.165, 1.54) is 5.56 Å². The summed E-state index contributed by atoms with van der Waals surface area (Å²) >= 11 is 0. The van der Waals surface area contributed by atoms with E-state index in [0.717, 1.165) is 24.1 Å². The molecule has 1 fully saturated rings. The van der Waals surface area contributed by atoms with E-state index in [-0.39, 0.29) is 5.84 Å². The van der Waals surface area contributed by atoms with E-state index in [9.17, 15) is 0 Å². The van der Waals surface area contributed by atoms with Crippen LogP contribution in [0.15, 0.2) is 59.8 Å².